The van der Waals surface area contributed by atoms with Crippen LogP contribution in [-0.2, 0) is 21.6 Å². The lowest BCUT2D eigenvalue weighted by Gasteiger charge is -2.26. The summed E-state index contributed by atoms with van der Waals surface area (Å²) in [6, 6.07) is 14.6. The molecule has 4 rings (SSSR count). The van der Waals surface area contributed by atoms with Gasteiger partial charge in [-0.25, -0.2) is 4.39 Å². The van der Waals surface area contributed by atoms with E-state index in [1.807, 2.05) is 30.3 Å². The van der Waals surface area contributed by atoms with Gasteiger partial charge in [-0.05, 0) is 48.2 Å². The monoisotopic (exact) mass is 384 g/mol. The quantitative estimate of drug-likeness (QED) is 0.798. The molecule has 0 unspecified atom stereocenters. The van der Waals surface area contributed by atoms with Gasteiger partial charge in [-0.3, -0.25) is 4.79 Å². The average Bonchev–Trinajstić information content (AvgIpc) is 3.53. The van der Waals surface area contributed by atoms with Crippen LogP contribution in [0.3, 0.4) is 0 Å². The van der Waals surface area contributed by atoms with Crippen LogP contribution in [0.25, 0.3) is 0 Å². The number of rotatable bonds is 7. The zero-order chi connectivity index (χ0) is 19.4. The van der Waals surface area contributed by atoms with Crippen LogP contribution in [0, 0.1) is 5.82 Å². The molecule has 5 nitrogen and oxygen atoms in total. The van der Waals surface area contributed by atoms with Gasteiger partial charge in [0.15, 0.2) is 6.61 Å². The van der Waals surface area contributed by atoms with Crippen molar-refractivity contribution >= 4 is 5.91 Å². The van der Waals surface area contributed by atoms with Gasteiger partial charge in [-0.15, -0.1) is 0 Å². The molecule has 2 aromatic rings. The highest BCUT2D eigenvalue weighted by molar-refractivity contribution is 5.77. The normalized spacial score (nSPS) is 18.0. The van der Waals surface area contributed by atoms with Gasteiger partial charge in [0.1, 0.15) is 11.6 Å². The summed E-state index contributed by atoms with van der Waals surface area (Å²) in [4.78, 5) is 13.9. The second kappa shape index (κ2) is 8.29. The topological polar surface area (TPSA) is 50.8 Å². The van der Waals surface area contributed by atoms with Crippen molar-refractivity contribution in [3.8, 4) is 5.75 Å². The lowest BCUT2D eigenvalue weighted by atomic mass is 10.0. The number of nitrogens with one attached hydrogen (secondary N) is 1. The SMILES string of the molecule is O=C(COc1ccc(CNC2(c3cccc(F)c3)CC2)cc1)N1CCOCC1. The first-order valence-electron chi connectivity index (χ1n) is 9.73. The number of amides is 1. The molecule has 28 heavy (non-hydrogen) atoms. The van der Waals surface area contributed by atoms with E-state index in [1.54, 1.807) is 17.0 Å². The highest BCUT2D eigenvalue weighted by atomic mass is 19.1. The van der Waals surface area contributed by atoms with E-state index in [9.17, 15) is 9.18 Å². The van der Waals surface area contributed by atoms with Gasteiger partial charge in [0.2, 0.25) is 0 Å². The summed E-state index contributed by atoms with van der Waals surface area (Å²) in [7, 11) is 0. The summed E-state index contributed by atoms with van der Waals surface area (Å²) in [5, 5.41) is 3.56. The number of ether oxygens (including phenoxy) is 2. The molecule has 6 heteroatoms. The Balaban J connectivity index is 1.27. The maximum absolute atomic E-state index is 13.5. The Morgan fingerprint density at radius 2 is 1.89 bits per heavy atom. The number of nitrogens with zero attached hydrogens (tertiary/aromatic N) is 1. The number of hydrogen-bond donors (Lipinski definition) is 1. The molecule has 0 atom stereocenters. The third kappa shape index (κ3) is 4.51. The molecule has 1 saturated heterocycles. The Labute approximate surface area is 164 Å². The van der Waals surface area contributed by atoms with E-state index in [0.29, 0.717) is 38.6 Å². The van der Waals surface area contributed by atoms with E-state index in [4.69, 9.17) is 9.47 Å². The van der Waals surface area contributed by atoms with Crippen molar-refractivity contribution < 1.29 is 18.7 Å². The van der Waals surface area contributed by atoms with Gasteiger partial charge < -0.3 is 19.7 Å². The van der Waals surface area contributed by atoms with Crippen molar-refractivity contribution in [2.24, 2.45) is 0 Å². The van der Waals surface area contributed by atoms with Gasteiger partial charge >= 0.3 is 0 Å². The van der Waals surface area contributed by atoms with Crippen molar-refractivity contribution in [2.45, 2.75) is 24.9 Å². The summed E-state index contributed by atoms with van der Waals surface area (Å²) in [5.41, 5.74) is 2.02. The van der Waals surface area contributed by atoms with Crippen molar-refractivity contribution in [3.63, 3.8) is 0 Å². The molecule has 0 bridgehead atoms. The predicted molar refractivity (Wildman–Crippen MR) is 103 cm³/mol. The first-order chi connectivity index (χ1) is 13.6. The third-order valence-electron chi connectivity index (χ3n) is 5.41. The van der Waals surface area contributed by atoms with Crippen LogP contribution in [0.1, 0.15) is 24.0 Å². The molecule has 1 heterocycles. The lowest BCUT2D eigenvalue weighted by Crippen LogP contribution is -2.42. The smallest absolute Gasteiger partial charge is 0.260 e. The Morgan fingerprint density at radius 3 is 2.57 bits per heavy atom. The van der Waals surface area contributed by atoms with Gasteiger partial charge in [-0.1, -0.05) is 24.3 Å². The first kappa shape index (κ1) is 18.9. The number of carbonyl (C=O) groups excluding carboxylic acids is 1. The molecule has 0 aromatic heterocycles. The number of carbonyl (C=O) groups is 1. The van der Waals surface area contributed by atoms with Crippen LogP contribution in [0.15, 0.2) is 48.5 Å². The second-order valence-corrected chi connectivity index (χ2v) is 7.37. The summed E-state index contributed by atoms with van der Waals surface area (Å²) >= 11 is 0. The molecule has 0 spiro atoms. The molecule has 148 valence electrons. The summed E-state index contributed by atoms with van der Waals surface area (Å²) in [6.45, 7) is 3.17. The van der Waals surface area contributed by atoms with Crippen molar-refractivity contribution in [3.05, 3.63) is 65.5 Å². The average molecular weight is 384 g/mol. The Morgan fingerprint density at radius 1 is 1.14 bits per heavy atom. The highest BCUT2D eigenvalue weighted by Gasteiger charge is 2.43. The van der Waals surface area contributed by atoms with Gasteiger partial charge in [-0.2, -0.15) is 0 Å². The number of morpholine rings is 1. The number of halogens is 1. The highest BCUT2D eigenvalue weighted by Crippen LogP contribution is 2.45. The minimum atomic E-state index is -0.196. The van der Waals surface area contributed by atoms with Crippen LogP contribution in [0.2, 0.25) is 0 Å². The fourth-order valence-corrected chi connectivity index (χ4v) is 3.50. The molecular formula is C22H25FN2O3. The fraction of sp³-hybridized carbons (Fsp3) is 0.409. The number of benzene rings is 2. The maximum atomic E-state index is 13.5. The lowest BCUT2D eigenvalue weighted by molar-refractivity contribution is -0.137. The maximum Gasteiger partial charge on any atom is 0.260 e. The summed E-state index contributed by atoms with van der Waals surface area (Å²) in [5.74, 6) is 0.468. The molecule has 1 aliphatic carbocycles. The molecule has 2 aliphatic rings. The van der Waals surface area contributed by atoms with E-state index in [1.165, 1.54) is 6.07 Å². The van der Waals surface area contributed by atoms with Gasteiger partial charge in [0.05, 0.1) is 13.2 Å². The Kier molecular flexibility index (Phi) is 5.59. The summed E-state index contributed by atoms with van der Waals surface area (Å²) in [6.07, 6.45) is 2.03. The van der Waals surface area contributed by atoms with Crippen LogP contribution in [-0.4, -0.2) is 43.7 Å². The molecule has 1 saturated carbocycles. The minimum absolute atomic E-state index is 0.0141. The largest absolute Gasteiger partial charge is 0.484 e. The van der Waals surface area contributed by atoms with Crippen molar-refractivity contribution in [1.29, 1.82) is 0 Å². The molecule has 1 aliphatic heterocycles. The second-order valence-electron chi connectivity index (χ2n) is 7.37. The Hall–Kier alpha value is -2.44. The first-order valence-corrected chi connectivity index (χ1v) is 9.73. The van der Waals surface area contributed by atoms with E-state index in [-0.39, 0.29) is 23.9 Å². The van der Waals surface area contributed by atoms with Gasteiger partial charge in [0, 0.05) is 25.2 Å². The van der Waals surface area contributed by atoms with Gasteiger partial charge in [0.25, 0.3) is 5.91 Å². The van der Waals surface area contributed by atoms with Crippen LogP contribution in [0.5, 0.6) is 5.75 Å². The van der Waals surface area contributed by atoms with E-state index in [0.717, 1.165) is 24.0 Å². The molecule has 1 amide bonds. The Bertz CT molecular complexity index is 815. The minimum Gasteiger partial charge on any atom is -0.484 e. The molecule has 1 N–H and O–H groups in total. The third-order valence-corrected chi connectivity index (χ3v) is 5.41. The molecule has 2 aromatic carbocycles. The predicted octanol–water partition coefficient (Wildman–Crippen LogP) is 2.84. The van der Waals surface area contributed by atoms with E-state index < -0.39 is 0 Å². The zero-order valence-corrected chi connectivity index (χ0v) is 15.8. The molecule has 0 radical (unpaired) electrons. The van der Waals surface area contributed by atoms with Crippen molar-refractivity contribution in [2.75, 3.05) is 32.9 Å². The molecule has 2 fully saturated rings. The standard InChI is InChI=1S/C22H25FN2O3/c23-19-3-1-2-18(14-19)22(8-9-22)24-15-17-4-6-20(7-5-17)28-16-21(26)25-10-12-27-13-11-25/h1-7,14,24H,8-13,15-16H2. The van der Waals surface area contributed by atoms with Crippen molar-refractivity contribution in [1.82, 2.24) is 10.2 Å². The fourth-order valence-electron chi connectivity index (χ4n) is 3.50. The summed E-state index contributed by atoms with van der Waals surface area (Å²) < 4.78 is 24.4. The van der Waals surface area contributed by atoms with Crippen LogP contribution < -0.4 is 10.1 Å². The molecular weight excluding hydrogens is 359 g/mol. The van der Waals surface area contributed by atoms with Crippen LogP contribution >= 0.6 is 0 Å². The van der Waals surface area contributed by atoms with E-state index >= 15 is 0 Å². The van der Waals surface area contributed by atoms with E-state index in [2.05, 4.69) is 5.32 Å². The number of hydrogen-bond acceptors (Lipinski definition) is 4. The zero-order valence-electron chi connectivity index (χ0n) is 15.8. The van der Waals surface area contributed by atoms with Crippen LogP contribution in [0.4, 0.5) is 4.39 Å².